The van der Waals surface area contributed by atoms with Crippen molar-refractivity contribution in [2.24, 2.45) is 0 Å². The molecule has 0 atom stereocenters. The average molecular weight is 478 g/mol. The number of ketones is 1. The van der Waals surface area contributed by atoms with Gasteiger partial charge in [0.2, 0.25) is 17.5 Å². The van der Waals surface area contributed by atoms with E-state index in [0.717, 1.165) is 25.1 Å². The molecule has 0 aliphatic heterocycles. The Kier molecular flexibility index (Phi) is 17.8. The second-order valence-corrected chi connectivity index (χ2v) is 6.03. The fraction of sp³-hybridized carbons (Fsp3) is 0.211. The van der Waals surface area contributed by atoms with Crippen molar-refractivity contribution in [3.8, 4) is 11.5 Å². The molecule has 32 heavy (non-hydrogen) atoms. The zero-order valence-electron chi connectivity index (χ0n) is 18.6. The number of aliphatic hydroxyl groups is 1. The zero-order valence-corrected chi connectivity index (χ0v) is 23.4. The minimum atomic E-state index is -0.199. The van der Waals surface area contributed by atoms with Gasteiger partial charge in [0.15, 0.2) is 5.01 Å². The van der Waals surface area contributed by atoms with Gasteiger partial charge in [0.05, 0.1) is 11.1 Å². The van der Waals surface area contributed by atoms with Crippen molar-refractivity contribution in [1.82, 2.24) is 19.7 Å². The molecule has 0 saturated heterocycles. The summed E-state index contributed by atoms with van der Waals surface area (Å²) in [5, 5.41) is 32.6. The molecule has 1 aromatic carbocycles. The average Bonchev–Trinajstić information content (AvgIpc) is 3.55. The van der Waals surface area contributed by atoms with E-state index in [1.165, 1.54) is 11.3 Å². The number of hydrogen-bond donors (Lipinski definition) is 1. The molecule has 0 aliphatic carbocycles. The molecule has 3 heterocycles. The Labute approximate surface area is 232 Å². The van der Waals surface area contributed by atoms with Crippen molar-refractivity contribution < 1.29 is 88.5 Å². The third-order valence-corrected chi connectivity index (χ3v) is 4.48. The fourth-order valence-corrected chi connectivity index (χ4v) is 3.29. The SMILES string of the molecule is C=O.C[O-].C[O-].Cc1nc(-c2csc(C(=O)c3cn(CO)c4ccccc34)n2)no1.[Na+].[Na+]. The van der Waals surface area contributed by atoms with Crippen molar-refractivity contribution in [3.63, 3.8) is 0 Å². The summed E-state index contributed by atoms with van der Waals surface area (Å²) in [6.07, 6.45) is 1.65. The van der Waals surface area contributed by atoms with Crippen LogP contribution in [0.15, 0.2) is 40.4 Å². The van der Waals surface area contributed by atoms with Gasteiger partial charge in [-0.25, -0.2) is 4.98 Å². The van der Waals surface area contributed by atoms with Gasteiger partial charge in [-0.1, -0.05) is 23.4 Å². The smallest absolute Gasteiger partial charge is 0.857 e. The molecule has 0 bridgehead atoms. The summed E-state index contributed by atoms with van der Waals surface area (Å²) in [6.45, 7) is 3.50. The van der Waals surface area contributed by atoms with E-state index in [1.807, 2.05) is 31.1 Å². The van der Waals surface area contributed by atoms with E-state index in [-0.39, 0.29) is 71.6 Å². The maximum absolute atomic E-state index is 12.8. The van der Waals surface area contributed by atoms with E-state index in [9.17, 15) is 9.90 Å². The molecule has 3 aromatic heterocycles. The number of aromatic nitrogens is 4. The van der Waals surface area contributed by atoms with Gasteiger partial charge in [-0.2, -0.15) is 19.2 Å². The predicted octanol–water partition coefficient (Wildman–Crippen LogP) is -5.59. The molecule has 160 valence electrons. The number of para-hydroxylation sites is 1. The molecule has 0 radical (unpaired) electrons. The number of carbonyl (C=O) groups is 2. The minimum Gasteiger partial charge on any atom is -0.857 e. The number of thiazole rings is 1. The van der Waals surface area contributed by atoms with Gasteiger partial charge >= 0.3 is 59.1 Å². The van der Waals surface area contributed by atoms with E-state index in [2.05, 4.69) is 15.1 Å². The van der Waals surface area contributed by atoms with E-state index in [0.29, 0.717) is 28.0 Å². The van der Waals surface area contributed by atoms with Gasteiger partial charge in [0.1, 0.15) is 19.2 Å². The number of benzene rings is 1. The summed E-state index contributed by atoms with van der Waals surface area (Å²) in [6, 6.07) is 7.43. The number of hydrogen-bond acceptors (Lipinski definition) is 10. The molecule has 10 nitrogen and oxygen atoms in total. The normalized spacial score (nSPS) is 8.94. The number of rotatable bonds is 4. The van der Waals surface area contributed by atoms with Gasteiger partial charge in [-0.3, -0.25) is 4.79 Å². The molecule has 4 rings (SSSR count). The second-order valence-electron chi connectivity index (χ2n) is 5.18. The molecule has 0 spiro atoms. The van der Waals surface area contributed by atoms with E-state index < -0.39 is 0 Å². The standard InChI is InChI=1S/C16H12N4O3S.2CH3O.CH2O.2Na/c1-9-17-15(19-23-9)12-7-24-16(18-12)14(22)11-6-20(8-21)13-5-3-2-4-10(11)13;3*1-2;;/h2-7,21H,8H2,1H3;2*1H3;1H2;;/q;2*-1;;2*+1. The Hall–Kier alpha value is -1.25. The zero-order chi connectivity index (χ0) is 22.7. The molecule has 13 heteroatoms. The van der Waals surface area contributed by atoms with Crippen LogP contribution in [0.25, 0.3) is 22.4 Å². The van der Waals surface area contributed by atoms with Crippen LogP contribution in [0.1, 0.15) is 21.3 Å². The largest absolute Gasteiger partial charge is 1.00 e. The first-order chi connectivity index (χ1) is 14.7. The number of nitrogens with zero attached hydrogens (tertiary/aromatic N) is 4. The second kappa shape index (κ2) is 17.3. The van der Waals surface area contributed by atoms with Crippen LogP contribution in [0.3, 0.4) is 0 Å². The van der Waals surface area contributed by atoms with Crippen molar-refractivity contribution in [2.75, 3.05) is 14.2 Å². The summed E-state index contributed by atoms with van der Waals surface area (Å²) < 4.78 is 6.56. The first-order valence-corrected chi connectivity index (χ1v) is 9.15. The number of carbonyl (C=O) groups excluding carboxylic acids is 2. The summed E-state index contributed by atoms with van der Waals surface area (Å²) >= 11 is 1.23. The van der Waals surface area contributed by atoms with Crippen LogP contribution in [-0.4, -0.2) is 51.6 Å². The Bertz CT molecular complexity index is 1080. The minimum absolute atomic E-state index is 0. The fourth-order valence-electron chi connectivity index (χ4n) is 2.54. The van der Waals surface area contributed by atoms with Crippen LogP contribution < -0.4 is 69.3 Å². The van der Waals surface area contributed by atoms with Gasteiger partial charge in [0.25, 0.3) is 0 Å². The Morgan fingerprint density at radius 3 is 2.34 bits per heavy atom. The van der Waals surface area contributed by atoms with Crippen molar-refractivity contribution in [3.05, 3.63) is 52.3 Å². The third kappa shape index (κ3) is 7.66. The van der Waals surface area contributed by atoms with Gasteiger partial charge in [-0.05, 0) is 6.07 Å². The van der Waals surface area contributed by atoms with E-state index in [4.69, 9.17) is 19.5 Å². The van der Waals surface area contributed by atoms with Crippen molar-refractivity contribution in [2.45, 2.75) is 13.7 Å². The van der Waals surface area contributed by atoms with Gasteiger partial charge < -0.3 is 29.2 Å². The number of aryl methyl sites for hydroxylation is 1. The summed E-state index contributed by atoms with van der Waals surface area (Å²) in [4.78, 5) is 29.3. The molecule has 1 N–H and O–H groups in total. The van der Waals surface area contributed by atoms with Crippen molar-refractivity contribution in [1.29, 1.82) is 0 Å². The van der Waals surface area contributed by atoms with Crippen LogP contribution in [0.5, 0.6) is 0 Å². The van der Waals surface area contributed by atoms with Crippen LogP contribution in [0.4, 0.5) is 0 Å². The number of fused-ring (bicyclic) bond motifs is 1. The summed E-state index contributed by atoms with van der Waals surface area (Å²) in [7, 11) is 1.50. The first kappa shape index (κ1) is 32.9. The third-order valence-electron chi connectivity index (χ3n) is 3.64. The Balaban J connectivity index is 0. The molecule has 0 aliphatic rings. The molecule has 0 unspecified atom stereocenters. The van der Waals surface area contributed by atoms with Crippen LogP contribution in [-0.2, 0) is 11.5 Å². The molecule has 0 fully saturated rings. The van der Waals surface area contributed by atoms with Crippen molar-refractivity contribution >= 4 is 34.8 Å². The number of aliphatic hydroxyl groups excluding tert-OH is 1. The predicted molar refractivity (Wildman–Crippen MR) is 107 cm³/mol. The summed E-state index contributed by atoms with van der Waals surface area (Å²) in [5.74, 6) is 0.604. The van der Waals surface area contributed by atoms with Crippen LogP contribution in [0.2, 0.25) is 0 Å². The Morgan fingerprint density at radius 1 is 1.16 bits per heavy atom. The molecule has 0 saturated carbocycles. The van der Waals surface area contributed by atoms with Gasteiger partial charge in [-0.15, -0.1) is 11.3 Å². The van der Waals surface area contributed by atoms with Crippen LogP contribution in [0, 0.1) is 6.92 Å². The summed E-state index contributed by atoms with van der Waals surface area (Å²) in [5.41, 5.74) is 1.81. The van der Waals surface area contributed by atoms with E-state index in [1.54, 1.807) is 23.1 Å². The molecular weight excluding hydrogens is 458 g/mol. The van der Waals surface area contributed by atoms with E-state index >= 15 is 0 Å². The maximum atomic E-state index is 12.8. The first-order valence-electron chi connectivity index (χ1n) is 8.27. The molecular formula is C19H20N4Na2O6S. The topological polar surface area (TPSA) is 157 Å². The quantitative estimate of drug-likeness (QED) is 0.223. The monoisotopic (exact) mass is 478 g/mol. The van der Waals surface area contributed by atoms with Gasteiger partial charge in [0, 0.05) is 23.9 Å². The maximum Gasteiger partial charge on any atom is 1.00 e. The molecule has 0 amide bonds. The van der Waals surface area contributed by atoms with Crippen LogP contribution >= 0.6 is 11.3 Å². The molecule has 4 aromatic rings. The Morgan fingerprint density at radius 2 is 1.78 bits per heavy atom.